The fourth-order valence-corrected chi connectivity index (χ4v) is 2.77. The number of aromatic nitrogens is 1. The van der Waals surface area contributed by atoms with Gasteiger partial charge in [-0.25, -0.2) is 4.98 Å². The molecule has 18 heavy (non-hydrogen) atoms. The molecule has 0 unspecified atom stereocenters. The molecule has 0 bridgehead atoms. The van der Waals surface area contributed by atoms with Gasteiger partial charge in [-0.1, -0.05) is 24.3 Å². The lowest BCUT2D eigenvalue weighted by atomic mass is 10.2. The van der Waals surface area contributed by atoms with Gasteiger partial charge < -0.3 is 5.32 Å². The van der Waals surface area contributed by atoms with Crippen molar-refractivity contribution in [3.8, 4) is 0 Å². The molecule has 2 nitrogen and oxygen atoms in total. The smallest absolute Gasteiger partial charge is 0.129 e. The van der Waals surface area contributed by atoms with E-state index >= 15 is 0 Å². The second-order valence-electron chi connectivity index (χ2n) is 4.10. The van der Waals surface area contributed by atoms with Crippen LogP contribution in [0.3, 0.4) is 0 Å². The normalized spacial score (nSPS) is 10.3. The first kappa shape index (κ1) is 13.0. The number of rotatable bonds is 5. The summed E-state index contributed by atoms with van der Waals surface area (Å²) in [6.07, 6.45) is 1.83. The van der Waals surface area contributed by atoms with E-state index < -0.39 is 0 Å². The van der Waals surface area contributed by atoms with E-state index in [0.717, 1.165) is 18.1 Å². The van der Waals surface area contributed by atoms with Crippen LogP contribution in [0.5, 0.6) is 0 Å². The van der Waals surface area contributed by atoms with Crippen molar-refractivity contribution in [3.63, 3.8) is 0 Å². The molecule has 0 aliphatic rings. The minimum atomic E-state index is 0.902. The van der Waals surface area contributed by atoms with Crippen molar-refractivity contribution in [3.05, 3.63) is 53.7 Å². The molecular weight excluding hydrogens is 240 g/mol. The van der Waals surface area contributed by atoms with E-state index in [4.69, 9.17) is 0 Å². The van der Waals surface area contributed by atoms with E-state index in [9.17, 15) is 0 Å². The van der Waals surface area contributed by atoms with Crippen LogP contribution in [-0.2, 0) is 5.75 Å². The Balaban J connectivity index is 2.08. The van der Waals surface area contributed by atoms with Gasteiger partial charge in [0.15, 0.2) is 0 Å². The fraction of sp³-hybridized carbons (Fsp3) is 0.267. The van der Waals surface area contributed by atoms with E-state index in [-0.39, 0.29) is 0 Å². The minimum Gasteiger partial charge on any atom is -0.370 e. The molecule has 0 radical (unpaired) electrons. The molecule has 1 heterocycles. The maximum atomic E-state index is 4.38. The summed E-state index contributed by atoms with van der Waals surface area (Å²) in [5.41, 5.74) is 2.59. The predicted molar refractivity (Wildman–Crippen MR) is 79.1 cm³/mol. The number of benzene rings is 1. The van der Waals surface area contributed by atoms with E-state index in [2.05, 4.69) is 54.5 Å². The summed E-state index contributed by atoms with van der Waals surface area (Å²) in [4.78, 5) is 5.72. The molecule has 0 fully saturated rings. The molecule has 1 N–H and O–H groups in total. The summed E-state index contributed by atoms with van der Waals surface area (Å²) in [7, 11) is 0. The molecule has 0 amide bonds. The number of nitrogens with one attached hydrogen (secondary N) is 1. The van der Waals surface area contributed by atoms with E-state index in [0.29, 0.717) is 0 Å². The zero-order valence-electron chi connectivity index (χ0n) is 10.8. The van der Waals surface area contributed by atoms with Gasteiger partial charge in [0.1, 0.15) is 5.82 Å². The highest BCUT2D eigenvalue weighted by molar-refractivity contribution is 7.98. The third-order valence-electron chi connectivity index (χ3n) is 2.71. The number of thioether (sulfide) groups is 1. The van der Waals surface area contributed by atoms with Crippen LogP contribution in [-0.4, -0.2) is 11.5 Å². The summed E-state index contributed by atoms with van der Waals surface area (Å²) in [6, 6.07) is 12.6. The molecule has 0 aliphatic heterocycles. The number of anilines is 1. The topological polar surface area (TPSA) is 24.9 Å². The zero-order chi connectivity index (χ0) is 12.8. The number of hydrogen-bond donors (Lipinski definition) is 1. The average Bonchev–Trinajstić information content (AvgIpc) is 2.40. The van der Waals surface area contributed by atoms with Gasteiger partial charge in [0.05, 0.1) is 0 Å². The van der Waals surface area contributed by atoms with E-state index in [1.807, 2.05) is 24.0 Å². The number of nitrogens with zero attached hydrogens (tertiary/aromatic N) is 1. The summed E-state index contributed by atoms with van der Waals surface area (Å²) in [5, 5.41) is 3.30. The summed E-state index contributed by atoms with van der Waals surface area (Å²) < 4.78 is 0. The van der Waals surface area contributed by atoms with Crippen LogP contribution < -0.4 is 5.32 Å². The molecule has 1 aromatic carbocycles. The maximum Gasteiger partial charge on any atom is 0.129 e. The Labute approximate surface area is 113 Å². The molecule has 0 saturated carbocycles. The van der Waals surface area contributed by atoms with Gasteiger partial charge in [0.25, 0.3) is 0 Å². The average molecular weight is 258 g/mol. The molecule has 0 saturated heterocycles. The van der Waals surface area contributed by atoms with Crippen molar-refractivity contribution in [1.29, 1.82) is 0 Å². The Morgan fingerprint density at radius 1 is 1.17 bits per heavy atom. The minimum absolute atomic E-state index is 0.902. The molecule has 0 spiro atoms. The molecule has 2 rings (SSSR count). The van der Waals surface area contributed by atoms with Crippen LogP contribution in [0.25, 0.3) is 0 Å². The third kappa shape index (κ3) is 3.26. The van der Waals surface area contributed by atoms with Gasteiger partial charge in [-0.05, 0) is 31.5 Å². The van der Waals surface area contributed by atoms with E-state index in [1.165, 1.54) is 16.0 Å². The summed E-state index contributed by atoms with van der Waals surface area (Å²) >= 11 is 1.86. The lowest BCUT2D eigenvalue weighted by Crippen LogP contribution is -2.02. The van der Waals surface area contributed by atoms with Gasteiger partial charge in [-0.3, -0.25) is 0 Å². The van der Waals surface area contributed by atoms with Gasteiger partial charge in [0.2, 0.25) is 0 Å². The Morgan fingerprint density at radius 3 is 2.78 bits per heavy atom. The van der Waals surface area contributed by atoms with Crippen LogP contribution in [0.1, 0.15) is 18.1 Å². The number of pyridine rings is 1. The van der Waals surface area contributed by atoms with Crippen molar-refractivity contribution in [1.82, 2.24) is 4.98 Å². The Bertz CT molecular complexity index is 511. The fourth-order valence-electron chi connectivity index (χ4n) is 1.76. The van der Waals surface area contributed by atoms with E-state index in [1.54, 1.807) is 0 Å². The van der Waals surface area contributed by atoms with Crippen LogP contribution in [0.2, 0.25) is 0 Å². The third-order valence-corrected chi connectivity index (χ3v) is 3.94. The predicted octanol–water partition coefficient (Wildman–Crippen LogP) is 4.11. The summed E-state index contributed by atoms with van der Waals surface area (Å²) in [6.45, 7) is 5.14. The molecule has 0 aliphatic carbocycles. The lowest BCUT2D eigenvalue weighted by molar-refractivity contribution is 1.13. The Morgan fingerprint density at radius 2 is 2.00 bits per heavy atom. The molecule has 1 aromatic heterocycles. The molecule has 0 atom stereocenters. The van der Waals surface area contributed by atoms with Crippen LogP contribution in [0.4, 0.5) is 5.82 Å². The van der Waals surface area contributed by atoms with Crippen LogP contribution in [0.15, 0.2) is 47.5 Å². The van der Waals surface area contributed by atoms with Crippen LogP contribution in [0, 0.1) is 6.92 Å². The maximum absolute atomic E-state index is 4.38. The first-order chi connectivity index (χ1) is 8.81. The van der Waals surface area contributed by atoms with Crippen molar-refractivity contribution in [2.45, 2.75) is 24.5 Å². The van der Waals surface area contributed by atoms with Gasteiger partial charge in [0, 0.05) is 29.0 Å². The lowest BCUT2D eigenvalue weighted by Gasteiger charge is -2.10. The Kier molecular flexibility index (Phi) is 4.65. The molecule has 2 aromatic rings. The van der Waals surface area contributed by atoms with Gasteiger partial charge >= 0.3 is 0 Å². The molecule has 94 valence electrons. The van der Waals surface area contributed by atoms with Gasteiger partial charge in [-0.15, -0.1) is 11.8 Å². The van der Waals surface area contributed by atoms with Crippen molar-refractivity contribution in [2.75, 3.05) is 11.9 Å². The standard InChI is InChI=1S/C15H18N2S/c1-3-16-15-13(8-6-10-17-15)11-18-14-9-5-4-7-12(14)2/h4-10H,3,11H2,1-2H3,(H,16,17). The summed E-state index contributed by atoms with van der Waals surface area (Å²) in [5.74, 6) is 1.95. The first-order valence-electron chi connectivity index (χ1n) is 6.17. The molecule has 3 heteroatoms. The quantitative estimate of drug-likeness (QED) is 0.817. The molecular formula is C15H18N2S. The van der Waals surface area contributed by atoms with Crippen LogP contribution >= 0.6 is 11.8 Å². The second-order valence-corrected chi connectivity index (χ2v) is 5.11. The second kappa shape index (κ2) is 6.45. The largest absolute Gasteiger partial charge is 0.370 e. The highest BCUT2D eigenvalue weighted by atomic mass is 32.2. The number of hydrogen-bond acceptors (Lipinski definition) is 3. The van der Waals surface area contributed by atoms with Gasteiger partial charge in [-0.2, -0.15) is 0 Å². The Hall–Kier alpha value is -1.48. The zero-order valence-corrected chi connectivity index (χ0v) is 11.6. The monoisotopic (exact) mass is 258 g/mol. The van der Waals surface area contributed by atoms with Crippen molar-refractivity contribution < 1.29 is 0 Å². The highest BCUT2D eigenvalue weighted by Crippen LogP contribution is 2.27. The SMILES string of the molecule is CCNc1ncccc1CSc1ccccc1C. The number of aryl methyl sites for hydroxylation is 1. The van der Waals surface area contributed by atoms with Crippen molar-refractivity contribution >= 4 is 17.6 Å². The van der Waals surface area contributed by atoms with Crippen molar-refractivity contribution in [2.24, 2.45) is 0 Å². The highest BCUT2D eigenvalue weighted by Gasteiger charge is 2.04. The first-order valence-corrected chi connectivity index (χ1v) is 7.16.